The van der Waals surface area contributed by atoms with Crippen LogP contribution in [0.1, 0.15) is 12.5 Å². The lowest BCUT2D eigenvalue weighted by Crippen LogP contribution is -2.10. The average molecular weight is 297 g/mol. The van der Waals surface area contributed by atoms with Crippen LogP contribution in [0.15, 0.2) is 36.8 Å². The van der Waals surface area contributed by atoms with Crippen LogP contribution in [0, 0.1) is 0 Å². The SMILES string of the molecule is CCOc1ncnc(NCCc2c[nH]c3ccccc23)c1N. The highest BCUT2D eigenvalue weighted by Gasteiger charge is 2.09. The van der Waals surface area contributed by atoms with Crippen molar-refractivity contribution in [1.82, 2.24) is 15.0 Å². The number of H-pyrrole nitrogens is 1. The summed E-state index contributed by atoms with van der Waals surface area (Å²) < 4.78 is 5.37. The van der Waals surface area contributed by atoms with E-state index in [1.165, 1.54) is 17.3 Å². The number of nitrogen functional groups attached to an aromatic ring is 1. The van der Waals surface area contributed by atoms with Crippen LogP contribution in [0.3, 0.4) is 0 Å². The normalized spacial score (nSPS) is 10.8. The molecule has 6 heteroatoms. The summed E-state index contributed by atoms with van der Waals surface area (Å²) in [5.41, 5.74) is 8.86. The molecule has 0 unspecified atom stereocenters. The maximum Gasteiger partial charge on any atom is 0.242 e. The lowest BCUT2D eigenvalue weighted by molar-refractivity contribution is 0.328. The van der Waals surface area contributed by atoms with E-state index < -0.39 is 0 Å². The van der Waals surface area contributed by atoms with Crippen molar-refractivity contribution in [2.45, 2.75) is 13.3 Å². The highest BCUT2D eigenvalue weighted by Crippen LogP contribution is 2.24. The Balaban J connectivity index is 1.67. The van der Waals surface area contributed by atoms with Crippen molar-refractivity contribution in [3.05, 3.63) is 42.4 Å². The van der Waals surface area contributed by atoms with E-state index in [0.717, 1.165) is 18.5 Å². The van der Waals surface area contributed by atoms with E-state index in [4.69, 9.17) is 10.5 Å². The van der Waals surface area contributed by atoms with Crippen LogP contribution < -0.4 is 15.8 Å². The fourth-order valence-electron chi connectivity index (χ4n) is 2.43. The number of hydrogen-bond donors (Lipinski definition) is 3. The number of ether oxygens (including phenoxy) is 1. The van der Waals surface area contributed by atoms with Crippen molar-refractivity contribution in [2.24, 2.45) is 0 Å². The fourth-order valence-corrected chi connectivity index (χ4v) is 2.43. The predicted octanol–water partition coefficient (Wildman–Crippen LogP) is 2.59. The van der Waals surface area contributed by atoms with Crippen molar-refractivity contribution in [1.29, 1.82) is 0 Å². The first-order valence-electron chi connectivity index (χ1n) is 7.31. The third kappa shape index (κ3) is 2.81. The van der Waals surface area contributed by atoms with Gasteiger partial charge in [0.1, 0.15) is 12.0 Å². The summed E-state index contributed by atoms with van der Waals surface area (Å²) in [6.07, 6.45) is 4.37. The molecule has 3 rings (SSSR count). The highest BCUT2D eigenvalue weighted by atomic mass is 16.5. The van der Waals surface area contributed by atoms with Gasteiger partial charge in [0.25, 0.3) is 0 Å². The van der Waals surface area contributed by atoms with E-state index in [2.05, 4.69) is 32.4 Å². The van der Waals surface area contributed by atoms with E-state index in [-0.39, 0.29) is 0 Å². The summed E-state index contributed by atoms with van der Waals surface area (Å²) in [6.45, 7) is 3.15. The van der Waals surface area contributed by atoms with Crippen molar-refractivity contribution < 1.29 is 4.74 Å². The Morgan fingerprint density at radius 1 is 1.27 bits per heavy atom. The molecule has 0 aliphatic rings. The molecular formula is C16H19N5O. The number of para-hydroxylation sites is 1. The van der Waals surface area contributed by atoms with Gasteiger partial charge in [-0.05, 0) is 25.0 Å². The Morgan fingerprint density at radius 3 is 3.00 bits per heavy atom. The zero-order valence-corrected chi connectivity index (χ0v) is 12.5. The summed E-state index contributed by atoms with van der Waals surface area (Å²) >= 11 is 0. The minimum atomic E-state index is 0.423. The minimum absolute atomic E-state index is 0.423. The standard InChI is InChI=1S/C16H19N5O/c1-2-22-16-14(17)15(20-10-21-16)18-8-7-11-9-19-13-6-4-3-5-12(11)13/h3-6,9-10,19H,2,7-8,17H2,1H3,(H,18,20,21). The summed E-state index contributed by atoms with van der Waals surface area (Å²) in [7, 11) is 0. The number of nitrogens with zero attached hydrogens (tertiary/aromatic N) is 2. The monoisotopic (exact) mass is 297 g/mol. The van der Waals surface area contributed by atoms with Gasteiger partial charge in [-0.2, -0.15) is 4.98 Å². The van der Waals surface area contributed by atoms with Gasteiger partial charge in [0.15, 0.2) is 5.82 Å². The summed E-state index contributed by atoms with van der Waals surface area (Å²) in [6, 6.07) is 8.26. The van der Waals surface area contributed by atoms with Crippen molar-refractivity contribution in [2.75, 3.05) is 24.2 Å². The molecule has 3 aromatic rings. The number of nitrogens with two attached hydrogens (primary N) is 1. The van der Waals surface area contributed by atoms with Crippen molar-refractivity contribution in [3.8, 4) is 5.88 Å². The first-order chi connectivity index (χ1) is 10.8. The van der Waals surface area contributed by atoms with Crippen molar-refractivity contribution in [3.63, 3.8) is 0 Å². The predicted molar refractivity (Wildman–Crippen MR) is 88.1 cm³/mol. The van der Waals surface area contributed by atoms with Gasteiger partial charge in [0, 0.05) is 23.6 Å². The molecule has 0 spiro atoms. The molecule has 22 heavy (non-hydrogen) atoms. The van der Waals surface area contributed by atoms with E-state index in [0.29, 0.717) is 24.0 Å². The first-order valence-corrected chi connectivity index (χ1v) is 7.31. The van der Waals surface area contributed by atoms with Gasteiger partial charge in [0.2, 0.25) is 5.88 Å². The van der Waals surface area contributed by atoms with E-state index in [1.807, 2.05) is 25.3 Å². The largest absolute Gasteiger partial charge is 0.476 e. The third-order valence-corrected chi connectivity index (χ3v) is 3.49. The lowest BCUT2D eigenvalue weighted by Gasteiger charge is -2.10. The Kier molecular flexibility index (Phi) is 4.09. The molecule has 0 bridgehead atoms. The maximum atomic E-state index is 6.00. The topological polar surface area (TPSA) is 88.9 Å². The molecule has 1 aromatic carbocycles. The van der Waals surface area contributed by atoms with Crippen LogP contribution in [0.5, 0.6) is 5.88 Å². The van der Waals surface area contributed by atoms with Gasteiger partial charge >= 0.3 is 0 Å². The summed E-state index contributed by atoms with van der Waals surface area (Å²) in [5.74, 6) is 1.03. The Labute approximate surface area is 128 Å². The molecule has 0 fully saturated rings. The Hall–Kier alpha value is -2.76. The Morgan fingerprint density at radius 2 is 2.14 bits per heavy atom. The third-order valence-electron chi connectivity index (χ3n) is 3.49. The van der Waals surface area contributed by atoms with Gasteiger partial charge in [-0.1, -0.05) is 18.2 Å². The lowest BCUT2D eigenvalue weighted by atomic mass is 10.1. The quantitative estimate of drug-likeness (QED) is 0.651. The zero-order valence-electron chi connectivity index (χ0n) is 12.5. The van der Waals surface area contributed by atoms with Crippen LogP contribution in [-0.4, -0.2) is 28.1 Å². The number of aromatic amines is 1. The molecular weight excluding hydrogens is 278 g/mol. The van der Waals surface area contributed by atoms with Crippen LogP contribution >= 0.6 is 0 Å². The molecule has 0 atom stereocenters. The second kappa shape index (κ2) is 6.34. The summed E-state index contributed by atoms with van der Waals surface area (Å²) in [5, 5.41) is 4.49. The molecule has 0 saturated carbocycles. The minimum Gasteiger partial charge on any atom is -0.476 e. The van der Waals surface area contributed by atoms with Crippen molar-refractivity contribution >= 4 is 22.4 Å². The molecule has 2 heterocycles. The summed E-state index contributed by atoms with van der Waals surface area (Å²) in [4.78, 5) is 11.5. The van der Waals surface area contributed by atoms with Crippen LogP contribution in [0.4, 0.5) is 11.5 Å². The van der Waals surface area contributed by atoms with Crippen LogP contribution in [0.25, 0.3) is 10.9 Å². The first kappa shape index (κ1) is 14.2. The van der Waals surface area contributed by atoms with Crippen LogP contribution in [0.2, 0.25) is 0 Å². The average Bonchev–Trinajstić information content (AvgIpc) is 2.95. The smallest absolute Gasteiger partial charge is 0.242 e. The van der Waals surface area contributed by atoms with E-state index in [1.54, 1.807) is 0 Å². The number of fused-ring (bicyclic) bond motifs is 1. The second-order valence-electron chi connectivity index (χ2n) is 4.91. The molecule has 0 aliphatic carbocycles. The van der Waals surface area contributed by atoms with Crippen LogP contribution in [-0.2, 0) is 6.42 Å². The molecule has 0 radical (unpaired) electrons. The molecule has 114 valence electrons. The molecule has 0 saturated heterocycles. The van der Waals surface area contributed by atoms with Gasteiger partial charge in [-0.15, -0.1) is 0 Å². The van der Waals surface area contributed by atoms with Gasteiger partial charge in [-0.3, -0.25) is 0 Å². The molecule has 6 nitrogen and oxygen atoms in total. The Bertz CT molecular complexity index is 768. The van der Waals surface area contributed by atoms with Gasteiger partial charge < -0.3 is 20.8 Å². The highest BCUT2D eigenvalue weighted by molar-refractivity contribution is 5.83. The fraction of sp³-hybridized carbons (Fsp3) is 0.250. The number of rotatable bonds is 6. The number of anilines is 2. The molecule has 0 amide bonds. The number of benzene rings is 1. The maximum absolute atomic E-state index is 6.00. The van der Waals surface area contributed by atoms with E-state index in [9.17, 15) is 0 Å². The second-order valence-corrected chi connectivity index (χ2v) is 4.91. The van der Waals surface area contributed by atoms with Gasteiger partial charge in [-0.25, -0.2) is 4.98 Å². The van der Waals surface area contributed by atoms with E-state index >= 15 is 0 Å². The zero-order chi connectivity index (χ0) is 15.4. The van der Waals surface area contributed by atoms with Gasteiger partial charge in [0.05, 0.1) is 6.61 Å². The number of hydrogen-bond acceptors (Lipinski definition) is 5. The number of nitrogens with one attached hydrogen (secondary N) is 2. The molecule has 0 aliphatic heterocycles. The molecule has 4 N–H and O–H groups in total. The molecule has 2 aromatic heterocycles. The number of aromatic nitrogens is 3.